The Balaban J connectivity index is 1.53. The van der Waals surface area contributed by atoms with E-state index in [0.29, 0.717) is 22.3 Å². The van der Waals surface area contributed by atoms with E-state index in [1.54, 1.807) is 91.0 Å². The van der Waals surface area contributed by atoms with Gasteiger partial charge in [-0.1, -0.05) is 109 Å². The summed E-state index contributed by atoms with van der Waals surface area (Å²) in [5.41, 5.74) is -1.79. The number of ether oxygens (including phenoxy) is 3. The van der Waals surface area contributed by atoms with Crippen molar-refractivity contribution in [1.82, 2.24) is 5.32 Å². The Hall–Kier alpha value is -7.20. The number of hydrogen-bond donors (Lipinski definition) is 1. The SMILES string of the molecule is CC1=C(CC(C(=O)OCc2ccccc2)(C(=O)OCc2ccccc2)C(=O)OCc2ccccc2)[C@@H](c2ccc(C#N)cc2)NC(=O)N1c1cccc(C(F)(F)F)c1. The molecule has 1 heterocycles. The molecular weight excluding hydrogens is 752 g/mol. The van der Waals surface area contributed by atoms with Crippen molar-refractivity contribution in [2.45, 2.75) is 45.4 Å². The van der Waals surface area contributed by atoms with Crippen molar-refractivity contribution in [3.63, 3.8) is 0 Å². The molecule has 5 aromatic rings. The van der Waals surface area contributed by atoms with Crippen LogP contribution >= 0.6 is 0 Å². The van der Waals surface area contributed by atoms with Gasteiger partial charge in [0.25, 0.3) is 5.41 Å². The van der Waals surface area contributed by atoms with Crippen molar-refractivity contribution in [3.8, 4) is 6.07 Å². The number of nitrogens with zero attached hydrogens (tertiary/aromatic N) is 2. The third-order valence-corrected chi connectivity index (χ3v) is 9.56. The molecule has 0 bridgehead atoms. The number of carbonyl (C=O) groups is 4. The predicted molar refractivity (Wildman–Crippen MR) is 205 cm³/mol. The van der Waals surface area contributed by atoms with Crippen LogP contribution in [0.5, 0.6) is 0 Å². The molecule has 0 saturated heterocycles. The van der Waals surface area contributed by atoms with Gasteiger partial charge in [-0.15, -0.1) is 0 Å². The number of anilines is 1. The minimum absolute atomic E-state index is 0.00406. The van der Waals surface area contributed by atoms with E-state index in [9.17, 15) is 37.6 Å². The summed E-state index contributed by atoms with van der Waals surface area (Å²) in [7, 11) is 0. The second-order valence-corrected chi connectivity index (χ2v) is 13.4. The van der Waals surface area contributed by atoms with Crippen molar-refractivity contribution in [2.24, 2.45) is 5.41 Å². The first-order chi connectivity index (χ1) is 27.9. The van der Waals surface area contributed by atoms with Gasteiger partial charge in [-0.3, -0.25) is 19.3 Å². The Kier molecular flexibility index (Phi) is 12.4. The zero-order chi connectivity index (χ0) is 41.3. The van der Waals surface area contributed by atoms with Crippen LogP contribution in [0.1, 0.15) is 52.8 Å². The van der Waals surface area contributed by atoms with Crippen LogP contribution in [0.4, 0.5) is 23.7 Å². The summed E-state index contributed by atoms with van der Waals surface area (Å²) in [6.45, 7) is 0.353. The molecule has 2 amide bonds. The fraction of sp³-hybridized carbons (Fsp3) is 0.178. The van der Waals surface area contributed by atoms with E-state index in [1.807, 2.05) is 6.07 Å². The molecule has 0 saturated carbocycles. The van der Waals surface area contributed by atoms with Crippen molar-refractivity contribution < 1.29 is 46.6 Å². The molecule has 0 spiro atoms. The molecule has 0 unspecified atom stereocenters. The molecule has 1 aliphatic heterocycles. The maximum absolute atomic E-state index is 14.7. The van der Waals surface area contributed by atoms with Gasteiger partial charge < -0.3 is 19.5 Å². The number of carbonyl (C=O) groups excluding carboxylic acids is 4. The zero-order valence-corrected chi connectivity index (χ0v) is 31.1. The van der Waals surface area contributed by atoms with Crippen molar-refractivity contribution in [1.29, 1.82) is 5.26 Å². The third-order valence-electron chi connectivity index (χ3n) is 9.56. The maximum atomic E-state index is 14.7. The maximum Gasteiger partial charge on any atom is 0.416 e. The summed E-state index contributed by atoms with van der Waals surface area (Å²) in [5.74, 6) is -3.98. The van der Waals surface area contributed by atoms with Gasteiger partial charge in [0, 0.05) is 12.1 Å². The third kappa shape index (κ3) is 9.08. The number of hydrogen-bond acceptors (Lipinski definition) is 8. The molecule has 10 nitrogen and oxygen atoms in total. The van der Waals surface area contributed by atoms with Crippen LogP contribution in [-0.4, -0.2) is 23.9 Å². The number of nitrogens with one attached hydrogen (secondary N) is 1. The molecule has 0 radical (unpaired) electrons. The van der Waals surface area contributed by atoms with Gasteiger partial charge in [-0.2, -0.15) is 18.4 Å². The highest BCUT2D eigenvalue weighted by molar-refractivity contribution is 6.18. The average Bonchev–Trinajstić information content (AvgIpc) is 3.24. The average molecular weight is 788 g/mol. The second-order valence-electron chi connectivity index (χ2n) is 13.4. The minimum atomic E-state index is -4.75. The molecule has 5 aromatic carbocycles. The molecule has 58 heavy (non-hydrogen) atoms. The Morgan fingerprint density at radius 2 is 1.16 bits per heavy atom. The Bertz CT molecular complexity index is 2210. The molecule has 294 valence electrons. The Labute approximate surface area is 332 Å². The van der Waals surface area contributed by atoms with Gasteiger partial charge in [-0.25, -0.2) is 4.79 Å². The van der Waals surface area contributed by atoms with Crippen LogP contribution in [0.15, 0.2) is 151 Å². The summed E-state index contributed by atoms with van der Waals surface area (Å²) < 4.78 is 59.0. The first-order valence-electron chi connectivity index (χ1n) is 18.0. The Morgan fingerprint density at radius 1 is 0.690 bits per heavy atom. The summed E-state index contributed by atoms with van der Waals surface area (Å²) in [5, 5.41) is 12.3. The first-order valence-corrected chi connectivity index (χ1v) is 18.0. The van der Waals surface area contributed by atoms with Crippen molar-refractivity contribution in [3.05, 3.63) is 184 Å². The number of benzene rings is 5. The van der Waals surface area contributed by atoms with E-state index >= 15 is 0 Å². The molecule has 0 fully saturated rings. The number of urea groups is 1. The molecule has 0 aromatic heterocycles. The van der Waals surface area contributed by atoms with Gasteiger partial charge in [0.15, 0.2) is 0 Å². The lowest BCUT2D eigenvalue weighted by Gasteiger charge is -2.39. The van der Waals surface area contributed by atoms with E-state index in [1.165, 1.54) is 37.3 Å². The lowest BCUT2D eigenvalue weighted by Crippen LogP contribution is -2.53. The van der Waals surface area contributed by atoms with E-state index in [4.69, 9.17) is 14.2 Å². The lowest BCUT2D eigenvalue weighted by atomic mass is 9.77. The molecule has 13 heteroatoms. The van der Waals surface area contributed by atoms with E-state index < -0.39 is 53.6 Å². The van der Waals surface area contributed by atoms with E-state index in [-0.39, 0.29) is 42.3 Å². The normalized spacial score (nSPS) is 14.2. The quantitative estimate of drug-likeness (QED) is 0.0712. The van der Waals surface area contributed by atoms with Gasteiger partial charge in [0.1, 0.15) is 19.8 Å². The number of amides is 2. The molecule has 6 rings (SSSR count). The predicted octanol–water partition coefficient (Wildman–Crippen LogP) is 8.73. The van der Waals surface area contributed by atoms with Gasteiger partial charge in [0.05, 0.1) is 28.9 Å². The number of esters is 3. The number of nitriles is 1. The number of halogens is 3. The smallest absolute Gasteiger partial charge is 0.416 e. The van der Waals surface area contributed by atoms with Crippen LogP contribution in [-0.2, 0) is 54.6 Å². The minimum Gasteiger partial charge on any atom is -0.460 e. The highest BCUT2D eigenvalue weighted by Gasteiger charge is 2.59. The number of alkyl halides is 3. The second kappa shape index (κ2) is 17.7. The van der Waals surface area contributed by atoms with Crippen LogP contribution in [0.3, 0.4) is 0 Å². The Morgan fingerprint density at radius 3 is 1.59 bits per heavy atom. The van der Waals surface area contributed by atoms with Gasteiger partial charge >= 0.3 is 30.1 Å². The highest BCUT2D eigenvalue weighted by atomic mass is 19.4. The molecule has 1 atom stereocenters. The van der Waals surface area contributed by atoms with Crippen LogP contribution in [0.2, 0.25) is 0 Å². The van der Waals surface area contributed by atoms with Gasteiger partial charge in [0.2, 0.25) is 0 Å². The highest BCUT2D eigenvalue weighted by Crippen LogP contribution is 2.43. The number of allylic oxidation sites excluding steroid dienone is 1. The molecule has 1 aliphatic rings. The fourth-order valence-corrected chi connectivity index (χ4v) is 6.47. The van der Waals surface area contributed by atoms with Crippen molar-refractivity contribution >= 4 is 29.6 Å². The summed E-state index contributed by atoms with van der Waals surface area (Å²) in [4.78, 5) is 59.0. The summed E-state index contributed by atoms with van der Waals surface area (Å²) in [6, 6.07) is 35.7. The molecule has 0 aliphatic carbocycles. The monoisotopic (exact) mass is 787 g/mol. The summed E-state index contributed by atoms with van der Waals surface area (Å²) in [6.07, 6.45) is -5.56. The fourth-order valence-electron chi connectivity index (χ4n) is 6.47. The molecule has 1 N–H and O–H groups in total. The first kappa shape index (κ1) is 40.5. The van der Waals surface area contributed by atoms with Crippen LogP contribution in [0.25, 0.3) is 0 Å². The van der Waals surface area contributed by atoms with Crippen molar-refractivity contribution in [2.75, 3.05) is 4.90 Å². The standard InChI is InChI=1S/C45H36F3N3O7/c1-30-38(39(35-22-20-31(26-49)21-23-35)50-43(55)51(30)37-19-11-18-36(24-37)45(46,47)48)25-44(40(52)56-27-32-12-5-2-6-13-32,41(53)57-28-33-14-7-3-8-15-33)42(54)58-29-34-16-9-4-10-17-34/h2-24,39H,25,27-29H2,1H3,(H,50,55)/t39-/m1/s1. The van der Waals surface area contributed by atoms with E-state index in [2.05, 4.69) is 5.32 Å². The largest absolute Gasteiger partial charge is 0.460 e. The molecular formula is C45H36F3N3O7. The van der Waals surface area contributed by atoms with Gasteiger partial charge in [-0.05, 0) is 65.1 Å². The zero-order valence-electron chi connectivity index (χ0n) is 31.1. The number of rotatable bonds is 13. The summed E-state index contributed by atoms with van der Waals surface area (Å²) >= 11 is 0. The topological polar surface area (TPSA) is 135 Å². The van der Waals surface area contributed by atoms with E-state index in [0.717, 1.165) is 23.1 Å². The van der Waals surface area contributed by atoms with Crippen LogP contribution in [0, 0.1) is 16.7 Å². The lowest BCUT2D eigenvalue weighted by molar-refractivity contribution is -0.186. The van der Waals surface area contributed by atoms with Crippen LogP contribution < -0.4 is 10.2 Å².